The number of carbonyl (C=O) groups excluding carboxylic acids is 2. The zero-order valence-corrected chi connectivity index (χ0v) is 19.4. The molecule has 0 spiro atoms. The topological polar surface area (TPSA) is 67.2 Å². The van der Waals surface area contributed by atoms with Crippen molar-refractivity contribution in [3.8, 4) is 5.69 Å². The van der Waals surface area contributed by atoms with Crippen LogP contribution in [0, 0.1) is 0 Å². The van der Waals surface area contributed by atoms with Crippen LogP contribution in [0.4, 0.5) is 5.69 Å². The van der Waals surface area contributed by atoms with Crippen LogP contribution in [0.3, 0.4) is 0 Å². The van der Waals surface area contributed by atoms with Gasteiger partial charge in [0.05, 0.1) is 5.69 Å². The van der Waals surface area contributed by atoms with Gasteiger partial charge in [0.25, 0.3) is 5.91 Å². The molecule has 0 unspecified atom stereocenters. The fraction of sp³-hybridized carbons (Fsp3) is 0.320. The Bertz CT molecular complexity index is 1190. The first-order valence-electron chi connectivity index (χ1n) is 11.1. The highest BCUT2D eigenvalue weighted by molar-refractivity contribution is 9.10. The minimum Gasteiger partial charge on any atom is -0.338 e. The van der Waals surface area contributed by atoms with E-state index in [4.69, 9.17) is 5.10 Å². The molecule has 3 aromatic rings. The summed E-state index contributed by atoms with van der Waals surface area (Å²) >= 11 is 3.53. The van der Waals surface area contributed by atoms with Crippen LogP contribution in [0.25, 0.3) is 5.69 Å². The van der Waals surface area contributed by atoms with Crippen LogP contribution in [-0.4, -0.2) is 33.0 Å². The monoisotopic (exact) mass is 492 g/mol. The molecule has 32 heavy (non-hydrogen) atoms. The van der Waals surface area contributed by atoms with E-state index in [1.165, 1.54) is 0 Å². The van der Waals surface area contributed by atoms with Crippen LogP contribution >= 0.6 is 15.9 Å². The van der Waals surface area contributed by atoms with Gasteiger partial charge in [0, 0.05) is 40.9 Å². The minimum atomic E-state index is -0.189. The van der Waals surface area contributed by atoms with Gasteiger partial charge in [0.15, 0.2) is 5.69 Å². The van der Waals surface area contributed by atoms with Gasteiger partial charge in [-0.1, -0.05) is 34.1 Å². The number of likely N-dealkylation sites (tertiary alicyclic amines) is 1. The second-order valence-corrected chi connectivity index (χ2v) is 9.36. The number of fused-ring (bicyclic) bond motifs is 1. The first-order chi connectivity index (χ1) is 15.6. The van der Waals surface area contributed by atoms with E-state index in [-0.39, 0.29) is 11.8 Å². The highest BCUT2D eigenvalue weighted by Gasteiger charge is 2.26. The number of hydrogen-bond acceptors (Lipinski definition) is 3. The number of halogens is 1. The van der Waals surface area contributed by atoms with Crippen LogP contribution in [0.2, 0.25) is 0 Å². The predicted molar refractivity (Wildman–Crippen MR) is 127 cm³/mol. The molecule has 2 aliphatic rings. The Morgan fingerprint density at radius 3 is 2.69 bits per heavy atom. The average Bonchev–Trinajstić information content (AvgIpc) is 3.38. The average molecular weight is 493 g/mol. The lowest BCUT2D eigenvalue weighted by Crippen LogP contribution is -2.23. The van der Waals surface area contributed by atoms with Gasteiger partial charge in [-0.05, 0) is 68.0 Å². The van der Waals surface area contributed by atoms with E-state index in [1.807, 2.05) is 58.1 Å². The highest BCUT2D eigenvalue weighted by atomic mass is 79.9. The second kappa shape index (κ2) is 8.90. The van der Waals surface area contributed by atoms with Crippen molar-refractivity contribution in [3.05, 3.63) is 75.5 Å². The molecule has 1 fully saturated rings. The van der Waals surface area contributed by atoms with E-state index in [1.54, 1.807) is 0 Å². The van der Waals surface area contributed by atoms with Gasteiger partial charge in [-0.25, -0.2) is 4.68 Å². The van der Waals surface area contributed by atoms with Gasteiger partial charge < -0.3 is 10.2 Å². The van der Waals surface area contributed by atoms with Crippen molar-refractivity contribution >= 4 is 33.4 Å². The molecule has 2 heterocycles. The predicted octanol–water partition coefficient (Wildman–Crippen LogP) is 4.89. The van der Waals surface area contributed by atoms with E-state index in [9.17, 15) is 9.59 Å². The molecule has 6 nitrogen and oxygen atoms in total. The molecular weight excluding hydrogens is 468 g/mol. The van der Waals surface area contributed by atoms with Crippen molar-refractivity contribution in [2.24, 2.45) is 0 Å². The molecule has 5 rings (SSSR count). The van der Waals surface area contributed by atoms with Crippen molar-refractivity contribution in [3.63, 3.8) is 0 Å². The highest BCUT2D eigenvalue weighted by Crippen LogP contribution is 2.28. The summed E-state index contributed by atoms with van der Waals surface area (Å²) in [5.41, 5.74) is 5.36. The van der Waals surface area contributed by atoms with Crippen molar-refractivity contribution in [1.82, 2.24) is 14.7 Å². The maximum atomic E-state index is 13.2. The summed E-state index contributed by atoms with van der Waals surface area (Å²) < 4.78 is 2.90. The minimum absolute atomic E-state index is 0.189. The molecular formula is C25H25BrN4O2. The molecule has 1 N–H and O–H groups in total. The van der Waals surface area contributed by atoms with Crippen LogP contribution < -0.4 is 5.32 Å². The molecule has 0 radical (unpaired) electrons. The van der Waals surface area contributed by atoms with Crippen LogP contribution in [0.5, 0.6) is 0 Å². The Kier molecular flexibility index (Phi) is 5.83. The van der Waals surface area contributed by atoms with E-state index >= 15 is 0 Å². The molecule has 0 atom stereocenters. The van der Waals surface area contributed by atoms with E-state index in [0.29, 0.717) is 18.7 Å². The lowest BCUT2D eigenvalue weighted by atomic mass is 9.95. The van der Waals surface area contributed by atoms with Crippen molar-refractivity contribution < 1.29 is 9.59 Å². The summed E-state index contributed by atoms with van der Waals surface area (Å²) in [6, 6.07) is 15.7. The van der Waals surface area contributed by atoms with Gasteiger partial charge in [0.1, 0.15) is 0 Å². The van der Waals surface area contributed by atoms with Crippen molar-refractivity contribution in [1.29, 1.82) is 0 Å². The number of nitrogens with zero attached hydrogens (tertiary/aromatic N) is 3. The molecule has 2 aromatic carbocycles. The lowest BCUT2D eigenvalue weighted by molar-refractivity contribution is -0.128. The Morgan fingerprint density at radius 1 is 1.03 bits per heavy atom. The van der Waals surface area contributed by atoms with E-state index in [0.717, 1.165) is 71.3 Å². The summed E-state index contributed by atoms with van der Waals surface area (Å²) in [4.78, 5) is 27.1. The second-order valence-electron chi connectivity index (χ2n) is 8.45. The zero-order chi connectivity index (χ0) is 22.1. The number of benzene rings is 2. The smallest absolute Gasteiger partial charge is 0.276 e. The van der Waals surface area contributed by atoms with Gasteiger partial charge in [-0.2, -0.15) is 5.10 Å². The number of nitrogens with one attached hydrogen (secondary N) is 1. The third-order valence-corrected chi connectivity index (χ3v) is 6.67. The largest absolute Gasteiger partial charge is 0.338 e. The third-order valence-electron chi connectivity index (χ3n) is 6.18. The van der Waals surface area contributed by atoms with Crippen molar-refractivity contribution in [2.75, 3.05) is 11.9 Å². The summed E-state index contributed by atoms with van der Waals surface area (Å²) in [5.74, 6) is 0.00968. The van der Waals surface area contributed by atoms with E-state index in [2.05, 4.69) is 21.2 Å². The fourth-order valence-corrected chi connectivity index (χ4v) is 5.02. The molecule has 2 amide bonds. The van der Waals surface area contributed by atoms with Crippen LogP contribution in [-0.2, 0) is 24.2 Å². The SMILES string of the molecule is O=C(Nc1cccc(CN2CCCC2=O)c1)c1nn(-c2cccc(Br)c2)c2c1CCCC2. The molecule has 1 saturated heterocycles. The van der Waals surface area contributed by atoms with Crippen LogP contribution in [0.1, 0.15) is 53.0 Å². The Labute approximate surface area is 195 Å². The summed E-state index contributed by atoms with van der Waals surface area (Å²) in [6.45, 7) is 1.38. The Hall–Kier alpha value is -2.93. The molecule has 1 aliphatic heterocycles. The number of carbonyl (C=O) groups is 2. The van der Waals surface area contributed by atoms with Gasteiger partial charge in [0.2, 0.25) is 5.91 Å². The number of aromatic nitrogens is 2. The van der Waals surface area contributed by atoms with Crippen molar-refractivity contribution in [2.45, 2.75) is 45.1 Å². The first-order valence-corrected chi connectivity index (χ1v) is 11.9. The summed E-state index contributed by atoms with van der Waals surface area (Å²) in [7, 11) is 0. The maximum absolute atomic E-state index is 13.2. The van der Waals surface area contributed by atoms with Crippen LogP contribution in [0.15, 0.2) is 53.0 Å². The molecule has 7 heteroatoms. The van der Waals surface area contributed by atoms with Gasteiger partial charge in [-0.3, -0.25) is 9.59 Å². The molecule has 1 aromatic heterocycles. The summed E-state index contributed by atoms with van der Waals surface area (Å²) in [6.07, 6.45) is 5.50. The number of rotatable bonds is 5. The fourth-order valence-electron chi connectivity index (χ4n) is 4.63. The third kappa shape index (κ3) is 4.21. The number of hydrogen-bond donors (Lipinski definition) is 1. The normalized spacial score (nSPS) is 15.7. The maximum Gasteiger partial charge on any atom is 0.276 e. The zero-order valence-electron chi connectivity index (χ0n) is 17.8. The molecule has 0 saturated carbocycles. The molecule has 164 valence electrons. The molecule has 1 aliphatic carbocycles. The summed E-state index contributed by atoms with van der Waals surface area (Å²) in [5, 5.41) is 7.78. The quantitative estimate of drug-likeness (QED) is 0.551. The molecule has 0 bridgehead atoms. The van der Waals surface area contributed by atoms with E-state index < -0.39 is 0 Å². The standard InChI is InChI=1S/C25H25BrN4O2/c26-18-7-4-9-20(15-18)30-22-11-2-1-10-21(22)24(28-30)25(32)27-19-8-3-6-17(14-19)16-29-13-5-12-23(29)31/h3-4,6-9,14-15H,1-2,5,10-13,16H2,(H,27,32). The lowest BCUT2D eigenvalue weighted by Gasteiger charge is -2.16. The number of anilines is 1. The Morgan fingerprint density at radius 2 is 1.88 bits per heavy atom. The number of amides is 2. The van der Waals surface area contributed by atoms with Gasteiger partial charge >= 0.3 is 0 Å². The first kappa shape index (κ1) is 20.9. The van der Waals surface area contributed by atoms with Gasteiger partial charge in [-0.15, -0.1) is 0 Å². The Balaban J connectivity index is 1.40.